The Morgan fingerprint density at radius 1 is 1.35 bits per heavy atom. The molecule has 1 N–H and O–H groups in total. The highest BCUT2D eigenvalue weighted by molar-refractivity contribution is 5.81. The van der Waals surface area contributed by atoms with Crippen molar-refractivity contribution in [3.05, 3.63) is 53.5 Å². The van der Waals surface area contributed by atoms with E-state index in [0.717, 1.165) is 11.3 Å². The molecular weight excluding hydrogens is 256 g/mol. The molecular formula is C15H16N2O3. The number of hydrazone groups is 1. The zero-order valence-electron chi connectivity index (χ0n) is 11.4. The van der Waals surface area contributed by atoms with Gasteiger partial charge in [-0.1, -0.05) is 12.1 Å². The van der Waals surface area contributed by atoms with Gasteiger partial charge in [0.05, 0.1) is 6.21 Å². The minimum absolute atomic E-state index is 0.0853. The minimum Gasteiger partial charge on any atom is -0.484 e. The van der Waals surface area contributed by atoms with E-state index in [1.165, 1.54) is 6.21 Å². The first-order chi connectivity index (χ1) is 9.63. The van der Waals surface area contributed by atoms with Gasteiger partial charge < -0.3 is 9.15 Å². The molecule has 1 amide bonds. The van der Waals surface area contributed by atoms with Gasteiger partial charge in [-0.15, -0.1) is 0 Å². The molecule has 0 aliphatic carbocycles. The van der Waals surface area contributed by atoms with Crippen molar-refractivity contribution in [1.29, 1.82) is 0 Å². The lowest BCUT2D eigenvalue weighted by Crippen LogP contribution is -2.24. The molecule has 0 aliphatic heterocycles. The third kappa shape index (κ3) is 4.28. The quantitative estimate of drug-likeness (QED) is 0.671. The Hall–Kier alpha value is -2.56. The molecule has 0 saturated heterocycles. The number of rotatable bonds is 5. The molecule has 2 rings (SSSR count). The third-order valence-corrected chi connectivity index (χ3v) is 2.50. The number of amides is 1. The monoisotopic (exact) mass is 272 g/mol. The Balaban J connectivity index is 1.77. The molecule has 0 aliphatic rings. The number of ether oxygens (including phenoxy) is 1. The van der Waals surface area contributed by atoms with Crippen molar-refractivity contribution in [3.63, 3.8) is 0 Å². The van der Waals surface area contributed by atoms with Crippen LogP contribution >= 0.6 is 0 Å². The zero-order valence-corrected chi connectivity index (χ0v) is 11.4. The van der Waals surface area contributed by atoms with E-state index in [1.807, 2.05) is 38.1 Å². The van der Waals surface area contributed by atoms with Gasteiger partial charge in [0.15, 0.2) is 6.61 Å². The summed E-state index contributed by atoms with van der Waals surface area (Å²) in [4.78, 5) is 11.5. The topological polar surface area (TPSA) is 63.8 Å². The molecule has 5 heteroatoms. The summed E-state index contributed by atoms with van der Waals surface area (Å²) in [6.45, 7) is 3.71. The lowest BCUT2D eigenvalue weighted by Gasteiger charge is -2.05. The second-order valence-corrected chi connectivity index (χ2v) is 4.35. The first-order valence-corrected chi connectivity index (χ1v) is 6.21. The fraction of sp³-hybridized carbons (Fsp3) is 0.200. The number of nitrogens with zero attached hydrogens (tertiary/aromatic N) is 1. The van der Waals surface area contributed by atoms with Gasteiger partial charge in [0, 0.05) is 0 Å². The second-order valence-electron chi connectivity index (χ2n) is 4.35. The SMILES string of the molecule is Cc1cccc(OCC(=O)N/N=C/c2ccc(C)o2)c1. The van der Waals surface area contributed by atoms with E-state index in [9.17, 15) is 4.79 Å². The number of aryl methyl sites for hydroxylation is 2. The summed E-state index contributed by atoms with van der Waals surface area (Å²) in [6.07, 6.45) is 1.44. The standard InChI is InChI=1S/C15H16N2O3/c1-11-4-3-5-13(8-11)19-10-15(18)17-16-9-14-7-6-12(2)20-14/h3-9H,10H2,1-2H3,(H,17,18)/b16-9+. The normalized spacial score (nSPS) is 10.7. The van der Waals surface area contributed by atoms with Crippen molar-refractivity contribution in [2.45, 2.75) is 13.8 Å². The highest BCUT2D eigenvalue weighted by atomic mass is 16.5. The summed E-state index contributed by atoms with van der Waals surface area (Å²) >= 11 is 0. The molecule has 1 aromatic heterocycles. The van der Waals surface area contributed by atoms with E-state index < -0.39 is 0 Å². The number of furan rings is 1. The molecule has 1 aromatic carbocycles. The van der Waals surface area contributed by atoms with Crippen LogP contribution in [0.5, 0.6) is 5.75 Å². The average Bonchev–Trinajstić information content (AvgIpc) is 2.82. The summed E-state index contributed by atoms with van der Waals surface area (Å²) in [6, 6.07) is 11.1. The van der Waals surface area contributed by atoms with E-state index in [1.54, 1.807) is 12.1 Å². The molecule has 104 valence electrons. The molecule has 1 heterocycles. The third-order valence-electron chi connectivity index (χ3n) is 2.50. The van der Waals surface area contributed by atoms with Gasteiger partial charge >= 0.3 is 0 Å². The number of carbonyl (C=O) groups is 1. The summed E-state index contributed by atoms with van der Waals surface area (Å²) in [5.41, 5.74) is 3.45. The van der Waals surface area contributed by atoms with Crippen molar-refractivity contribution in [2.75, 3.05) is 6.61 Å². The average molecular weight is 272 g/mol. The molecule has 0 unspecified atom stereocenters. The molecule has 0 saturated carbocycles. The van der Waals surface area contributed by atoms with Crippen LogP contribution in [0, 0.1) is 13.8 Å². The fourth-order valence-electron chi connectivity index (χ4n) is 1.58. The number of hydrogen-bond donors (Lipinski definition) is 1. The Morgan fingerprint density at radius 2 is 2.20 bits per heavy atom. The molecule has 20 heavy (non-hydrogen) atoms. The van der Waals surface area contributed by atoms with Gasteiger partial charge in [-0.25, -0.2) is 5.43 Å². The van der Waals surface area contributed by atoms with Crippen LogP contribution in [0.2, 0.25) is 0 Å². The summed E-state index contributed by atoms with van der Waals surface area (Å²) in [5.74, 6) is 1.71. The van der Waals surface area contributed by atoms with Crippen LogP contribution in [-0.4, -0.2) is 18.7 Å². The maximum absolute atomic E-state index is 11.5. The molecule has 2 aromatic rings. The molecule has 5 nitrogen and oxygen atoms in total. The van der Waals surface area contributed by atoms with Crippen LogP contribution in [0.3, 0.4) is 0 Å². The Bertz CT molecular complexity index is 617. The van der Waals surface area contributed by atoms with Gasteiger partial charge in [0.2, 0.25) is 0 Å². The highest BCUT2D eigenvalue weighted by Crippen LogP contribution is 2.11. The van der Waals surface area contributed by atoms with E-state index in [2.05, 4.69) is 10.5 Å². The number of hydrogen-bond acceptors (Lipinski definition) is 4. The van der Waals surface area contributed by atoms with Gasteiger partial charge in [0.25, 0.3) is 5.91 Å². The van der Waals surface area contributed by atoms with Crippen molar-refractivity contribution >= 4 is 12.1 Å². The van der Waals surface area contributed by atoms with Crippen molar-refractivity contribution in [3.8, 4) is 5.75 Å². The molecule has 0 atom stereocenters. The van der Waals surface area contributed by atoms with Gasteiger partial charge in [-0.05, 0) is 43.7 Å². The summed E-state index contributed by atoms with van der Waals surface area (Å²) < 4.78 is 10.6. The predicted octanol–water partition coefficient (Wildman–Crippen LogP) is 2.43. The minimum atomic E-state index is -0.328. The smallest absolute Gasteiger partial charge is 0.277 e. The highest BCUT2D eigenvalue weighted by Gasteiger charge is 2.01. The van der Waals surface area contributed by atoms with Crippen LogP contribution in [0.1, 0.15) is 17.1 Å². The summed E-state index contributed by atoms with van der Waals surface area (Å²) in [5, 5.41) is 3.79. The van der Waals surface area contributed by atoms with Gasteiger partial charge in [0.1, 0.15) is 17.3 Å². The molecule has 0 spiro atoms. The zero-order chi connectivity index (χ0) is 14.4. The van der Waals surface area contributed by atoms with Crippen LogP contribution in [-0.2, 0) is 4.79 Å². The van der Waals surface area contributed by atoms with E-state index in [0.29, 0.717) is 11.5 Å². The van der Waals surface area contributed by atoms with Crippen molar-refractivity contribution < 1.29 is 13.9 Å². The van der Waals surface area contributed by atoms with Gasteiger partial charge in [-0.2, -0.15) is 5.10 Å². The summed E-state index contributed by atoms with van der Waals surface area (Å²) in [7, 11) is 0. The van der Waals surface area contributed by atoms with E-state index >= 15 is 0 Å². The van der Waals surface area contributed by atoms with Gasteiger partial charge in [-0.3, -0.25) is 4.79 Å². The largest absolute Gasteiger partial charge is 0.484 e. The lowest BCUT2D eigenvalue weighted by molar-refractivity contribution is -0.123. The lowest BCUT2D eigenvalue weighted by atomic mass is 10.2. The van der Waals surface area contributed by atoms with Crippen LogP contribution in [0.15, 0.2) is 45.9 Å². The van der Waals surface area contributed by atoms with Crippen LogP contribution < -0.4 is 10.2 Å². The Morgan fingerprint density at radius 3 is 2.90 bits per heavy atom. The second kappa shape index (κ2) is 6.56. The molecule has 0 radical (unpaired) electrons. The molecule has 0 fully saturated rings. The predicted molar refractivity (Wildman–Crippen MR) is 75.9 cm³/mol. The fourth-order valence-corrected chi connectivity index (χ4v) is 1.58. The number of benzene rings is 1. The van der Waals surface area contributed by atoms with Crippen molar-refractivity contribution in [2.24, 2.45) is 5.10 Å². The maximum atomic E-state index is 11.5. The Kier molecular flexibility index (Phi) is 4.55. The van der Waals surface area contributed by atoms with Crippen molar-refractivity contribution in [1.82, 2.24) is 5.43 Å². The Labute approximate surface area is 117 Å². The first kappa shape index (κ1) is 13.9. The molecule has 0 bridgehead atoms. The van der Waals surface area contributed by atoms with E-state index in [4.69, 9.17) is 9.15 Å². The number of nitrogens with one attached hydrogen (secondary N) is 1. The van der Waals surface area contributed by atoms with Crippen LogP contribution in [0.4, 0.5) is 0 Å². The maximum Gasteiger partial charge on any atom is 0.277 e. The number of carbonyl (C=O) groups excluding carboxylic acids is 1. The first-order valence-electron chi connectivity index (χ1n) is 6.21. The van der Waals surface area contributed by atoms with Crippen LogP contribution in [0.25, 0.3) is 0 Å². The van der Waals surface area contributed by atoms with E-state index in [-0.39, 0.29) is 12.5 Å².